The van der Waals surface area contributed by atoms with Crippen molar-refractivity contribution in [1.29, 1.82) is 0 Å². The molecular weight excluding hydrogens is 430 g/mol. The average molecular weight is 468 g/mol. The lowest BCUT2D eigenvalue weighted by molar-refractivity contribution is -0.137. The molecule has 0 spiro atoms. The summed E-state index contributed by atoms with van der Waals surface area (Å²) in [4.78, 5) is 11.8. The molecule has 6 nitrogen and oxygen atoms in total. The van der Waals surface area contributed by atoms with Crippen molar-refractivity contribution < 1.29 is 14.3 Å². The Balaban J connectivity index is 2.02. The molecule has 0 aliphatic heterocycles. The van der Waals surface area contributed by atoms with E-state index in [1.54, 1.807) is 0 Å². The van der Waals surface area contributed by atoms with E-state index in [0.29, 0.717) is 6.61 Å². The summed E-state index contributed by atoms with van der Waals surface area (Å²) in [6.07, 6.45) is 0.0137. The van der Waals surface area contributed by atoms with E-state index < -0.39 is 14.3 Å². The molecule has 1 aromatic heterocycles. The molecular formula is C26H37N3O3Si. The van der Waals surface area contributed by atoms with Crippen molar-refractivity contribution in [3.05, 3.63) is 58.1 Å². The van der Waals surface area contributed by atoms with Gasteiger partial charge in [-0.05, 0) is 72.8 Å². The van der Waals surface area contributed by atoms with Gasteiger partial charge in [-0.25, -0.2) is 4.68 Å². The molecule has 0 bridgehead atoms. The van der Waals surface area contributed by atoms with Crippen molar-refractivity contribution in [1.82, 2.24) is 15.0 Å². The van der Waals surface area contributed by atoms with Gasteiger partial charge in [-0.3, -0.25) is 4.79 Å². The Morgan fingerprint density at radius 1 is 1.18 bits per heavy atom. The quantitative estimate of drug-likeness (QED) is 0.399. The normalized spacial score (nSPS) is 13.5. The van der Waals surface area contributed by atoms with Crippen molar-refractivity contribution >= 4 is 25.3 Å². The summed E-state index contributed by atoms with van der Waals surface area (Å²) in [6.45, 7) is 18.6. The standard InChI is InChI=1S/C26H37N3O3Si/c1-9-29-23-13-12-21(18(3)25(23)27-28-29)22(15-24(30)31)19-11-10-17(2)20(14-19)16-32-33(7,8)26(4,5)6/h10-14,22H,9,15-16H2,1-8H3,(H,30,31)/t22-/m1/s1. The first-order valence-corrected chi connectivity index (χ1v) is 14.5. The number of carboxylic acids is 1. The van der Waals surface area contributed by atoms with Gasteiger partial charge in [0, 0.05) is 12.5 Å². The van der Waals surface area contributed by atoms with Crippen LogP contribution in [0.15, 0.2) is 30.3 Å². The summed E-state index contributed by atoms with van der Waals surface area (Å²) >= 11 is 0. The summed E-state index contributed by atoms with van der Waals surface area (Å²) < 4.78 is 8.34. The molecule has 3 rings (SSSR count). The van der Waals surface area contributed by atoms with E-state index in [0.717, 1.165) is 45.4 Å². The van der Waals surface area contributed by atoms with Gasteiger partial charge in [-0.1, -0.05) is 50.3 Å². The summed E-state index contributed by atoms with van der Waals surface area (Å²) in [5.74, 6) is -1.10. The van der Waals surface area contributed by atoms with Crippen LogP contribution in [-0.4, -0.2) is 34.4 Å². The van der Waals surface area contributed by atoms with Gasteiger partial charge in [-0.2, -0.15) is 0 Å². The average Bonchev–Trinajstić information content (AvgIpc) is 3.15. The van der Waals surface area contributed by atoms with Crippen molar-refractivity contribution in [3.8, 4) is 0 Å². The zero-order valence-corrected chi connectivity index (χ0v) is 22.2. The zero-order valence-electron chi connectivity index (χ0n) is 21.2. The Kier molecular flexibility index (Phi) is 7.15. The van der Waals surface area contributed by atoms with Gasteiger partial charge in [-0.15, -0.1) is 5.10 Å². The minimum atomic E-state index is -1.90. The van der Waals surface area contributed by atoms with Crippen LogP contribution in [-0.2, 0) is 22.4 Å². The highest BCUT2D eigenvalue weighted by Gasteiger charge is 2.37. The second kappa shape index (κ2) is 9.39. The van der Waals surface area contributed by atoms with Crippen molar-refractivity contribution in [2.24, 2.45) is 0 Å². The fourth-order valence-corrected chi connectivity index (χ4v) is 4.86. The number of aromatic nitrogens is 3. The number of hydrogen-bond acceptors (Lipinski definition) is 4. The molecule has 33 heavy (non-hydrogen) atoms. The van der Waals surface area contributed by atoms with E-state index >= 15 is 0 Å². The predicted molar refractivity (Wildman–Crippen MR) is 135 cm³/mol. The highest BCUT2D eigenvalue weighted by molar-refractivity contribution is 6.74. The van der Waals surface area contributed by atoms with Crippen molar-refractivity contribution in [3.63, 3.8) is 0 Å². The number of fused-ring (bicyclic) bond motifs is 1. The van der Waals surface area contributed by atoms with Crippen LogP contribution >= 0.6 is 0 Å². The van der Waals surface area contributed by atoms with Crippen LogP contribution in [0.5, 0.6) is 0 Å². The summed E-state index contributed by atoms with van der Waals surface area (Å²) in [6, 6.07) is 10.3. The third-order valence-electron chi connectivity index (χ3n) is 7.21. The predicted octanol–water partition coefficient (Wildman–Crippen LogP) is 6.20. The lowest BCUT2D eigenvalue weighted by atomic mass is 9.84. The molecule has 0 unspecified atom stereocenters. The SMILES string of the molecule is CCn1nnc2c(C)c([C@H](CC(=O)O)c3ccc(C)c(CO[Si](C)(C)C(C)(C)C)c3)ccc21. The Labute approximate surface area is 198 Å². The Morgan fingerprint density at radius 3 is 2.48 bits per heavy atom. The van der Waals surface area contributed by atoms with Gasteiger partial charge in [0.25, 0.3) is 0 Å². The molecule has 2 aromatic carbocycles. The van der Waals surface area contributed by atoms with Crippen LogP contribution < -0.4 is 0 Å². The van der Waals surface area contributed by atoms with E-state index in [1.807, 2.05) is 36.7 Å². The molecule has 0 saturated carbocycles. The minimum Gasteiger partial charge on any atom is -0.481 e. The van der Waals surface area contributed by atoms with Gasteiger partial charge in [0.1, 0.15) is 5.52 Å². The van der Waals surface area contributed by atoms with E-state index in [4.69, 9.17) is 4.43 Å². The summed E-state index contributed by atoms with van der Waals surface area (Å²) in [5, 5.41) is 18.5. The number of aliphatic carboxylic acids is 1. The maximum atomic E-state index is 11.8. The van der Waals surface area contributed by atoms with E-state index in [-0.39, 0.29) is 17.4 Å². The number of carboxylic acid groups (broad SMARTS) is 1. The largest absolute Gasteiger partial charge is 0.481 e. The number of hydrogen-bond donors (Lipinski definition) is 1. The first-order chi connectivity index (χ1) is 15.4. The summed E-state index contributed by atoms with van der Waals surface area (Å²) in [5.41, 5.74) is 7.03. The topological polar surface area (TPSA) is 77.2 Å². The highest BCUT2D eigenvalue weighted by atomic mass is 28.4. The minimum absolute atomic E-state index is 0.0137. The van der Waals surface area contributed by atoms with Crippen LogP contribution in [0, 0.1) is 13.8 Å². The molecule has 1 heterocycles. The molecule has 0 fully saturated rings. The Hall–Kier alpha value is -2.51. The van der Waals surface area contributed by atoms with Crippen LogP contribution in [0.2, 0.25) is 18.1 Å². The number of benzene rings is 2. The monoisotopic (exact) mass is 467 g/mol. The lowest BCUT2D eigenvalue weighted by Gasteiger charge is -2.36. The molecule has 1 atom stereocenters. The van der Waals surface area contributed by atoms with Crippen LogP contribution in [0.25, 0.3) is 11.0 Å². The van der Waals surface area contributed by atoms with Crippen LogP contribution in [0.3, 0.4) is 0 Å². The molecule has 0 aliphatic rings. The van der Waals surface area contributed by atoms with Crippen molar-refractivity contribution in [2.45, 2.75) is 85.2 Å². The van der Waals surface area contributed by atoms with Gasteiger partial charge in [0.2, 0.25) is 0 Å². The van der Waals surface area contributed by atoms with Crippen molar-refractivity contribution in [2.75, 3.05) is 0 Å². The lowest BCUT2D eigenvalue weighted by Crippen LogP contribution is -2.40. The molecule has 3 aromatic rings. The van der Waals surface area contributed by atoms with Gasteiger partial charge >= 0.3 is 5.97 Å². The smallest absolute Gasteiger partial charge is 0.304 e. The second-order valence-corrected chi connectivity index (χ2v) is 15.2. The van der Waals surface area contributed by atoms with E-state index in [9.17, 15) is 9.90 Å². The summed E-state index contributed by atoms with van der Waals surface area (Å²) in [7, 11) is -1.90. The van der Waals surface area contributed by atoms with Gasteiger partial charge < -0.3 is 9.53 Å². The highest BCUT2D eigenvalue weighted by Crippen LogP contribution is 2.38. The molecule has 0 aliphatic carbocycles. The first-order valence-electron chi connectivity index (χ1n) is 11.6. The maximum Gasteiger partial charge on any atom is 0.304 e. The third kappa shape index (κ3) is 5.19. The molecule has 0 amide bonds. The fourth-order valence-electron chi connectivity index (χ4n) is 3.91. The van der Waals surface area contributed by atoms with Crippen LogP contribution in [0.4, 0.5) is 0 Å². The molecule has 0 saturated heterocycles. The van der Waals surface area contributed by atoms with Gasteiger partial charge in [0.15, 0.2) is 8.32 Å². The first kappa shape index (κ1) is 25.1. The van der Waals surface area contributed by atoms with E-state index in [1.165, 1.54) is 0 Å². The second-order valence-electron chi connectivity index (χ2n) is 10.4. The number of nitrogens with zero attached hydrogens (tertiary/aromatic N) is 3. The van der Waals surface area contributed by atoms with E-state index in [2.05, 4.69) is 63.2 Å². The fraction of sp³-hybridized carbons (Fsp3) is 0.500. The molecule has 7 heteroatoms. The number of aryl methyl sites for hydroxylation is 3. The van der Waals surface area contributed by atoms with Crippen LogP contribution in [0.1, 0.15) is 67.9 Å². The molecule has 0 radical (unpaired) electrons. The number of carbonyl (C=O) groups is 1. The molecule has 178 valence electrons. The third-order valence-corrected chi connectivity index (χ3v) is 11.7. The zero-order chi connectivity index (χ0) is 24.6. The maximum absolute atomic E-state index is 11.8. The Morgan fingerprint density at radius 2 is 1.88 bits per heavy atom. The number of rotatable bonds is 8. The molecule has 1 N–H and O–H groups in total. The van der Waals surface area contributed by atoms with Gasteiger partial charge in [0.05, 0.1) is 18.5 Å². The Bertz CT molecular complexity index is 1160.